The van der Waals surface area contributed by atoms with E-state index in [0.29, 0.717) is 24.5 Å². The summed E-state index contributed by atoms with van der Waals surface area (Å²) in [7, 11) is 1.15. The van der Waals surface area contributed by atoms with Gasteiger partial charge in [-0.15, -0.1) is 0 Å². The summed E-state index contributed by atoms with van der Waals surface area (Å²) in [5.74, 6) is 0.729. The molecule has 1 aliphatic heterocycles. The van der Waals surface area contributed by atoms with Crippen LogP contribution in [0, 0.1) is 0 Å². The lowest BCUT2D eigenvalue weighted by molar-refractivity contribution is -0.00637. The van der Waals surface area contributed by atoms with Crippen LogP contribution in [0.4, 0.5) is 0 Å². The Kier molecular flexibility index (Phi) is 5.52. The number of morpholine rings is 1. The molecule has 0 aliphatic carbocycles. The third kappa shape index (κ3) is 3.85. The van der Waals surface area contributed by atoms with Gasteiger partial charge in [-0.1, -0.05) is 12.1 Å². The summed E-state index contributed by atoms with van der Waals surface area (Å²) < 4.78 is 38.3. The maximum atomic E-state index is 12.4. The lowest BCUT2D eigenvalue weighted by Crippen LogP contribution is -2.47. The van der Waals surface area contributed by atoms with Gasteiger partial charge in [-0.3, -0.25) is 4.98 Å². The molecule has 140 valence electrons. The van der Waals surface area contributed by atoms with Gasteiger partial charge in [0.15, 0.2) is 0 Å². The minimum Gasteiger partial charge on any atom is -0.497 e. The van der Waals surface area contributed by atoms with Crippen molar-refractivity contribution in [2.24, 2.45) is 0 Å². The second-order valence-electron chi connectivity index (χ2n) is 6.07. The molecule has 0 saturated carbocycles. The highest BCUT2D eigenvalue weighted by Crippen LogP contribution is 2.26. The third-order valence-electron chi connectivity index (χ3n) is 4.17. The van der Waals surface area contributed by atoms with Gasteiger partial charge < -0.3 is 9.47 Å². The van der Waals surface area contributed by atoms with Gasteiger partial charge in [0.2, 0.25) is 0 Å². The fourth-order valence-corrected chi connectivity index (χ4v) is 3.79. The molecule has 26 heavy (non-hydrogen) atoms. The second-order valence-corrected chi connectivity index (χ2v) is 8.21. The Hall–Kier alpha value is -2.07. The van der Waals surface area contributed by atoms with Crippen molar-refractivity contribution in [3.8, 4) is 17.0 Å². The number of methoxy groups -OCH3 is 1. The van der Waals surface area contributed by atoms with E-state index in [9.17, 15) is 8.42 Å². The molecule has 1 fully saturated rings. The molecule has 9 heteroatoms. The van der Waals surface area contributed by atoms with Crippen LogP contribution in [0.2, 0.25) is 0 Å². The molecule has 1 aromatic carbocycles. The lowest BCUT2D eigenvalue weighted by Gasteiger charge is -2.33. The molecule has 8 nitrogen and oxygen atoms in total. The van der Waals surface area contributed by atoms with Crippen LogP contribution in [0.3, 0.4) is 0 Å². The monoisotopic (exact) mass is 378 g/mol. The van der Waals surface area contributed by atoms with Crippen LogP contribution in [0.1, 0.15) is 11.8 Å². The zero-order valence-corrected chi connectivity index (χ0v) is 15.8. The molecule has 2 aromatic rings. The summed E-state index contributed by atoms with van der Waals surface area (Å²) in [6.45, 7) is 0.833. The summed E-state index contributed by atoms with van der Waals surface area (Å²) in [6, 6.07) is 7.53. The Morgan fingerprint density at radius 1 is 1.31 bits per heavy atom. The number of hydrogen-bond donors (Lipinski definition) is 0. The Morgan fingerprint density at radius 2 is 2.12 bits per heavy atom. The van der Waals surface area contributed by atoms with E-state index in [0.717, 1.165) is 11.3 Å². The first-order chi connectivity index (χ1) is 12.4. The highest BCUT2D eigenvalue weighted by atomic mass is 32.2. The van der Waals surface area contributed by atoms with Gasteiger partial charge in [0.25, 0.3) is 10.2 Å². The van der Waals surface area contributed by atoms with Gasteiger partial charge in [-0.05, 0) is 12.1 Å². The zero-order valence-electron chi connectivity index (χ0n) is 15.0. The molecule has 1 aliphatic rings. The third-order valence-corrected chi connectivity index (χ3v) is 6.07. The fraction of sp³-hybridized carbons (Fsp3) is 0.412. The Morgan fingerprint density at radius 3 is 2.85 bits per heavy atom. The summed E-state index contributed by atoms with van der Waals surface area (Å²) in [4.78, 5) is 8.88. The minimum atomic E-state index is -3.49. The maximum Gasteiger partial charge on any atom is 0.281 e. The molecule has 0 bridgehead atoms. The van der Waals surface area contributed by atoms with E-state index in [-0.39, 0.29) is 6.54 Å². The van der Waals surface area contributed by atoms with Crippen molar-refractivity contribution in [1.82, 2.24) is 18.6 Å². The largest absolute Gasteiger partial charge is 0.497 e. The minimum absolute atomic E-state index is 0.205. The van der Waals surface area contributed by atoms with Crippen LogP contribution >= 0.6 is 0 Å². The normalized spacial score (nSPS) is 18.8. The molecule has 0 N–H and O–H groups in total. The average Bonchev–Trinajstić information content (AvgIpc) is 2.68. The fourth-order valence-electron chi connectivity index (χ4n) is 2.70. The molecule has 0 radical (unpaired) electrons. The van der Waals surface area contributed by atoms with Gasteiger partial charge >= 0.3 is 0 Å². The topological polar surface area (TPSA) is 84.9 Å². The first kappa shape index (κ1) is 18.7. The van der Waals surface area contributed by atoms with E-state index in [4.69, 9.17) is 9.47 Å². The molecular weight excluding hydrogens is 356 g/mol. The van der Waals surface area contributed by atoms with Gasteiger partial charge in [0, 0.05) is 32.7 Å². The zero-order chi connectivity index (χ0) is 18.7. The van der Waals surface area contributed by atoms with Gasteiger partial charge in [0.1, 0.15) is 11.9 Å². The van der Waals surface area contributed by atoms with Crippen LogP contribution in [-0.2, 0) is 14.9 Å². The highest BCUT2D eigenvalue weighted by molar-refractivity contribution is 7.86. The molecule has 1 saturated heterocycles. The van der Waals surface area contributed by atoms with Gasteiger partial charge in [-0.2, -0.15) is 17.0 Å². The molecule has 1 unspecified atom stereocenters. The van der Waals surface area contributed by atoms with Crippen molar-refractivity contribution >= 4 is 10.2 Å². The van der Waals surface area contributed by atoms with Crippen LogP contribution < -0.4 is 4.74 Å². The lowest BCUT2D eigenvalue weighted by atomic mass is 10.1. The van der Waals surface area contributed by atoms with Crippen LogP contribution in [0.5, 0.6) is 5.75 Å². The molecule has 1 atom stereocenters. The maximum absolute atomic E-state index is 12.4. The first-order valence-electron chi connectivity index (χ1n) is 8.17. The number of hydrogen-bond acceptors (Lipinski definition) is 6. The number of aromatic nitrogens is 2. The first-order valence-corrected chi connectivity index (χ1v) is 9.57. The summed E-state index contributed by atoms with van der Waals surface area (Å²) >= 11 is 0. The standard InChI is InChI=1S/C17H22N4O4S/c1-20(2)26(22,23)21-7-8-25-17(12-21)16-11-18-10-15(19-16)13-5-4-6-14(9-13)24-3/h4-6,9-11,17H,7-8,12H2,1-3H3. The van der Waals surface area contributed by atoms with Crippen molar-refractivity contribution in [3.05, 3.63) is 42.4 Å². The van der Waals surface area contributed by atoms with Crippen molar-refractivity contribution in [2.45, 2.75) is 6.10 Å². The van der Waals surface area contributed by atoms with Crippen LogP contribution in [0.15, 0.2) is 36.7 Å². The molecule has 1 aromatic heterocycles. The van der Waals surface area contributed by atoms with E-state index < -0.39 is 16.3 Å². The van der Waals surface area contributed by atoms with Crippen molar-refractivity contribution in [1.29, 1.82) is 0 Å². The quantitative estimate of drug-likeness (QED) is 0.780. The van der Waals surface area contributed by atoms with Crippen molar-refractivity contribution in [3.63, 3.8) is 0 Å². The number of nitrogens with zero attached hydrogens (tertiary/aromatic N) is 4. The molecule has 3 rings (SSSR count). The van der Waals surface area contributed by atoms with E-state index in [1.807, 2.05) is 24.3 Å². The van der Waals surface area contributed by atoms with Crippen molar-refractivity contribution < 1.29 is 17.9 Å². The molecular formula is C17H22N4O4S. The smallest absolute Gasteiger partial charge is 0.281 e. The Bertz CT molecular complexity index is 873. The average molecular weight is 378 g/mol. The van der Waals surface area contributed by atoms with Crippen molar-refractivity contribution in [2.75, 3.05) is 40.9 Å². The van der Waals surface area contributed by atoms with E-state index in [2.05, 4.69) is 9.97 Å². The van der Waals surface area contributed by atoms with E-state index >= 15 is 0 Å². The summed E-state index contributed by atoms with van der Waals surface area (Å²) in [6.07, 6.45) is 2.81. The Labute approximate surface area is 153 Å². The SMILES string of the molecule is COc1cccc(-c2cncc(C3CN(S(=O)(=O)N(C)C)CCO3)n2)c1. The molecule has 0 amide bonds. The summed E-state index contributed by atoms with van der Waals surface area (Å²) in [5, 5.41) is 0. The van der Waals surface area contributed by atoms with E-state index in [1.165, 1.54) is 22.7 Å². The van der Waals surface area contributed by atoms with Gasteiger partial charge in [-0.25, -0.2) is 4.98 Å². The summed E-state index contributed by atoms with van der Waals surface area (Å²) in [5.41, 5.74) is 2.15. The van der Waals surface area contributed by atoms with E-state index in [1.54, 1.807) is 19.5 Å². The number of ether oxygens (including phenoxy) is 2. The molecule has 0 spiro atoms. The van der Waals surface area contributed by atoms with Crippen LogP contribution in [-0.4, -0.2) is 67.9 Å². The highest BCUT2D eigenvalue weighted by Gasteiger charge is 2.32. The number of benzene rings is 1. The Balaban J connectivity index is 1.86. The number of rotatable bonds is 5. The second kappa shape index (κ2) is 7.67. The van der Waals surface area contributed by atoms with Gasteiger partial charge in [0.05, 0.1) is 37.5 Å². The van der Waals surface area contributed by atoms with Crippen LogP contribution in [0.25, 0.3) is 11.3 Å². The predicted molar refractivity (Wildman–Crippen MR) is 96.9 cm³/mol. The predicted octanol–water partition coefficient (Wildman–Crippen LogP) is 1.33. The molecule has 2 heterocycles.